The average molecular weight is 418 g/mol. The molecule has 1 amide bonds. The molecule has 0 bridgehead atoms. The van der Waals surface area contributed by atoms with Gasteiger partial charge in [-0.15, -0.1) is 0 Å². The number of carbonyl (C=O) groups excluding carboxylic acids is 2. The highest BCUT2D eigenvalue weighted by Crippen LogP contribution is 2.18. The third-order valence-electron chi connectivity index (χ3n) is 4.93. The summed E-state index contributed by atoms with van der Waals surface area (Å²) in [5.41, 5.74) is 5.95. The molecule has 1 aromatic heterocycles. The van der Waals surface area contributed by atoms with Crippen LogP contribution >= 0.6 is 0 Å². The van der Waals surface area contributed by atoms with Crippen LogP contribution in [0.4, 0.5) is 5.69 Å². The molecule has 31 heavy (non-hydrogen) atoms. The maximum Gasteiger partial charge on any atom is 0.330 e. The van der Waals surface area contributed by atoms with Gasteiger partial charge in [-0.25, -0.2) is 4.79 Å². The summed E-state index contributed by atoms with van der Waals surface area (Å²) in [5, 5.41) is 7.49. The van der Waals surface area contributed by atoms with E-state index in [1.54, 1.807) is 25.1 Å². The number of hydrogen-bond acceptors (Lipinski definition) is 4. The Morgan fingerprint density at radius 1 is 1.03 bits per heavy atom. The molecular formula is C25H27N3O3. The summed E-state index contributed by atoms with van der Waals surface area (Å²) in [6.45, 7) is 8.52. The number of anilines is 1. The molecule has 0 fully saturated rings. The lowest BCUT2D eigenvalue weighted by molar-refractivity contribution is -0.137. The standard InChI is InChI=1S/C25H27N3O3/c1-5-31-23(29)15-12-20-10-13-22(14-11-20)26-25(30)24-18(3)27-28(19(24)4)16-21-8-6-17(2)7-9-21/h6-15H,5,16H2,1-4H3,(H,26,30)/b15-12-. The first kappa shape index (κ1) is 22.0. The minimum atomic E-state index is -0.381. The number of aryl methyl sites for hydroxylation is 2. The second-order valence-electron chi connectivity index (χ2n) is 7.35. The summed E-state index contributed by atoms with van der Waals surface area (Å²) < 4.78 is 6.72. The highest BCUT2D eigenvalue weighted by molar-refractivity contribution is 6.05. The van der Waals surface area contributed by atoms with Gasteiger partial charge < -0.3 is 10.1 Å². The van der Waals surface area contributed by atoms with Gasteiger partial charge in [0, 0.05) is 17.5 Å². The van der Waals surface area contributed by atoms with Gasteiger partial charge in [-0.1, -0.05) is 42.0 Å². The first-order chi connectivity index (χ1) is 14.9. The molecule has 6 nitrogen and oxygen atoms in total. The number of ether oxygens (including phenoxy) is 1. The second kappa shape index (κ2) is 9.89. The Morgan fingerprint density at radius 2 is 1.71 bits per heavy atom. The Balaban J connectivity index is 1.69. The molecule has 3 aromatic rings. The van der Waals surface area contributed by atoms with Crippen molar-refractivity contribution in [3.63, 3.8) is 0 Å². The Hall–Kier alpha value is -3.67. The van der Waals surface area contributed by atoms with Crippen LogP contribution < -0.4 is 5.32 Å². The van der Waals surface area contributed by atoms with Crippen molar-refractivity contribution in [2.24, 2.45) is 0 Å². The van der Waals surface area contributed by atoms with E-state index in [-0.39, 0.29) is 11.9 Å². The zero-order chi connectivity index (χ0) is 22.4. The molecule has 0 aliphatic rings. The van der Waals surface area contributed by atoms with Crippen LogP contribution in [0.5, 0.6) is 0 Å². The molecule has 0 radical (unpaired) electrons. The van der Waals surface area contributed by atoms with Gasteiger partial charge in [-0.2, -0.15) is 5.10 Å². The number of esters is 1. The normalized spacial score (nSPS) is 11.0. The molecule has 0 spiro atoms. The molecule has 0 aliphatic carbocycles. The lowest BCUT2D eigenvalue weighted by atomic mass is 10.1. The number of aromatic nitrogens is 2. The zero-order valence-electron chi connectivity index (χ0n) is 18.3. The lowest BCUT2D eigenvalue weighted by Crippen LogP contribution is -2.14. The summed E-state index contributed by atoms with van der Waals surface area (Å²) in [5.74, 6) is -0.576. The van der Waals surface area contributed by atoms with Crippen LogP contribution in [0, 0.1) is 20.8 Å². The van der Waals surface area contributed by atoms with E-state index in [0.29, 0.717) is 30.1 Å². The number of hydrogen-bond donors (Lipinski definition) is 1. The van der Waals surface area contributed by atoms with E-state index in [1.165, 1.54) is 11.6 Å². The van der Waals surface area contributed by atoms with E-state index in [1.807, 2.05) is 30.7 Å². The van der Waals surface area contributed by atoms with Crippen LogP contribution in [-0.2, 0) is 16.1 Å². The fraction of sp³-hybridized carbons (Fsp3) is 0.240. The molecule has 0 atom stereocenters. The fourth-order valence-corrected chi connectivity index (χ4v) is 3.27. The summed E-state index contributed by atoms with van der Waals surface area (Å²) in [4.78, 5) is 24.3. The quantitative estimate of drug-likeness (QED) is 0.447. The molecule has 160 valence electrons. The summed E-state index contributed by atoms with van der Waals surface area (Å²) in [6, 6.07) is 15.5. The molecule has 1 N–H and O–H groups in total. The van der Waals surface area contributed by atoms with Crippen LogP contribution in [0.2, 0.25) is 0 Å². The minimum Gasteiger partial charge on any atom is -0.463 e. The monoisotopic (exact) mass is 417 g/mol. The third-order valence-corrected chi connectivity index (χ3v) is 4.93. The van der Waals surface area contributed by atoms with Crippen molar-refractivity contribution < 1.29 is 14.3 Å². The molecule has 1 heterocycles. The summed E-state index contributed by atoms with van der Waals surface area (Å²) >= 11 is 0. The van der Waals surface area contributed by atoms with E-state index in [0.717, 1.165) is 16.8 Å². The van der Waals surface area contributed by atoms with Crippen molar-refractivity contribution in [3.8, 4) is 0 Å². The van der Waals surface area contributed by atoms with Gasteiger partial charge in [-0.3, -0.25) is 9.48 Å². The largest absolute Gasteiger partial charge is 0.463 e. The predicted octanol–water partition coefficient (Wildman–Crippen LogP) is 4.69. The number of nitrogens with zero attached hydrogens (tertiary/aromatic N) is 2. The molecular weight excluding hydrogens is 390 g/mol. The predicted molar refractivity (Wildman–Crippen MR) is 122 cm³/mol. The third kappa shape index (κ3) is 5.69. The van der Waals surface area contributed by atoms with Crippen molar-refractivity contribution >= 4 is 23.6 Å². The topological polar surface area (TPSA) is 73.2 Å². The van der Waals surface area contributed by atoms with Crippen molar-refractivity contribution in [2.75, 3.05) is 11.9 Å². The van der Waals surface area contributed by atoms with Crippen LogP contribution in [0.3, 0.4) is 0 Å². The fourth-order valence-electron chi connectivity index (χ4n) is 3.27. The molecule has 3 rings (SSSR count). The highest BCUT2D eigenvalue weighted by atomic mass is 16.5. The van der Waals surface area contributed by atoms with E-state index >= 15 is 0 Å². The number of rotatable bonds is 7. The van der Waals surface area contributed by atoms with Crippen LogP contribution in [0.25, 0.3) is 6.08 Å². The van der Waals surface area contributed by atoms with Gasteiger partial charge in [0.1, 0.15) is 0 Å². The Labute approximate surface area is 182 Å². The summed E-state index contributed by atoms with van der Waals surface area (Å²) in [7, 11) is 0. The molecule has 6 heteroatoms. The van der Waals surface area contributed by atoms with Gasteiger partial charge in [0.25, 0.3) is 5.91 Å². The second-order valence-corrected chi connectivity index (χ2v) is 7.35. The number of carbonyl (C=O) groups is 2. The van der Waals surface area contributed by atoms with Crippen molar-refractivity contribution in [2.45, 2.75) is 34.2 Å². The maximum absolute atomic E-state index is 12.9. The van der Waals surface area contributed by atoms with Gasteiger partial charge in [0.15, 0.2) is 0 Å². The van der Waals surface area contributed by atoms with Crippen LogP contribution in [-0.4, -0.2) is 28.3 Å². The van der Waals surface area contributed by atoms with Gasteiger partial charge in [0.05, 0.1) is 24.4 Å². The van der Waals surface area contributed by atoms with Crippen molar-refractivity contribution in [1.29, 1.82) is 0 Å². The number of amides is 1. The molecule has 0 saturated heterocycles. The van der Waals surface area contributed by atoms with Crippen LogP contribution in [0.15, 0.2) is 54.6 Å². The first-order valence-corrected chi connectivity index (χ1v) is 10.2. The van der Waals surface area contributed by atoms with Gasteiger partial charge >= 0.3 is 5.97 Å². The van der Waals surface area contributed by atoms with Crippen molar-refractivity contribution in [1.82, 2.24) is 9.78 Å². The average Bonchev–Trinajstić information content (AvgIpc) is 3.02. The summed E-state index contributed by atoms with van der Waals surface area (Å²) in [6.07, 6.45) is 3.05. The van der Waals surface area contributed by atoms with E-state index < -0.39 is 0 Å². The zero-order valence-corrected chi connectivity index (χ0v) is 18.3. The van der Waals surface area contributed by atoms with Crippen LogP contribution in [0.1, 0.15) is 45.4 Å². The SMILES string of the molecule is CCOC(=O)/C=C\c1ccc(NC(=O)c2c(C)nn(Cc3ccc(C)cc3)c2C)cc1. The highest BCUT2D eigenvalue weighted by Gasteiger charge is 2.19. The minimum absolute atomic E-state index is 0.194. The number of benzene rings is 2. The van der Waals surface area contributed by atoms with E-state index in [2.05, 4.69) is 41.6 Å². The first-order valence-electron chi connectivity index (χ1n) is 10.2. The maximum atomic E-state index is 12.9. The number of nitrogens with one attached hydrogen (secondary N) is 1. The van der Waals surface area contributed by atoms with Gasteiger partial charge in [0.2, 0.25) is 0 Å². The molecule has 2 aromatic carbocycles. The van der Waals surface area contributed by atoms with E-state index in [9.17, 15) is 9.59 Å². The molecule has 0 saturated carbocycles. The van der Waals surface area contributed by atoms with Crippen molar-refractivity contribution in [3.05, 3.63) is 88.2 Å². The lowest BCUT2D eigenvalue weighted by Gasteiger charge is -2.08. The Kier molecular flexibility index (Phi) is 7.03. The Bertz CT molecular complexity index is 1090. The van der Waals surface area contributed by atoms with Gasteiger partial charge in [-0.05, 0) is 57.0 Å². The Morgan fingerprint density at radius 3 is 2.35 bits per heavy atom. The smallest absolute Gasteiger partial charge is 0.330 e. The van der Waals surface area contributed by atoms with E-state index in [4.69, 9.17) is 4.74 Å². The molecule has 0 aliphatic heterocycles. The molecule has 0 unspecified atom stereocenters.